The molecule has 2 amide bonds. The number of benzene rings is 1. The average Bonchev–Trinajstić information content (AvgIpc) is 3.21. The summed E-state index contributed by atoms with van der Waals surface area (Å²) in [7, 11) is 0. The average molecular weight is 342 g/mol. The van der Waals surface area contributed by atoms with Crippen molar-refractivity contribution < 1.29 is 18.7 Å². The zero-order valence-corrected chi connectivity index (χ0v) is 14.5. The Balaban J connectivity index is 1.65. The minimum atomic E-state index is -0.377. The van der Waals surface area contributed by atoms with Gasteiger partial charge in [0.15, 0.2) is 0 Å². The van der Waals surface area contributed by atoms with Crippen LogP contribution in [0.4, 0.5) is 5.69 Å². The quantitative estimate of drug-likeness (QED) is 0.876. The van der Waals surface area contributed by atoms with Crippen LogP contribution in [-0.4, -0.2) is 29.9 Å². The smallest absolute Gasteiger partial charge is 0.229 e. The van der Waals surface area contributed by atoms with Crippen LogP contribution in [0.15, 0.2) is 41.0 Å². The van der Waals surface area contributed by atoms with Gasteiger partial charge in [-0.3, -0.25) is 9.59 Å². The number of carbonyl (C=O) groups is 2. The lowest BCUT2D eigenvalue weighted by Gasteiger charge is -2.16. The van der Waals surface area contributed by atoms with Crippen molar-refractivity contribution in [2.75, 3.05) is 18.5 Å². The summed E-state index contributed by atoms with van der Waals surface area (Å²) in [5, 5.41) is 2.90. The Labute approximate surface area is 146 Å². The zero-order chi connectivity index (χ0) is 17.8. The van der Waals surface area contributed by atoms with E-state index in [2.05, 4.69) is 5.32 Å². The van der Waals surface area contributed by atoms with Crippen LogP contribution in [0, 0.1) is 12.8 Å². The summed E-state index contributed by atoms with van der Waals surface area (Å²) in [6, 6.07) is 9.24. The first-order valence-corrected chi connectivity index (χ1v) is 8.41. The molecular formula is C19H22N2O4. The van der Waals surface area contributed by atoms with E-state index in [0.29, 0.717) is 36.9 Å². The molecule has 2 heterocycles. The van der Waals surface area contributed by atoms with E-state index in [1.165, 1.54) is 0 Å². The van der Waals surface area contributed by atoms with E-state index in [1.54, 1.807) is 17.2 Å². The molecule has 6 heteroatoms. The van der Waals surface area contributed by atoms with Gasteiger partial charge in [-0.25, -0.2) is 0 Å². The number of anilines is 1. The molecule has 132 valence electrons. The second-order valence-corrected chi connectivity index (χ2v) is 6.18. The van der Waals surface area contributed by atoms with Crippen LogP contribution in [-0.2, 0) is 16.1 Å². The highest BCUT2D eigenvalue weighted by atomic mass is 16.5. The molecule has 3 rings (SSSR count). The van der Waals surface area contributed by atoms with Crippen LogP contribution in [0.25, 0.3) is 0 Å². The third-order valence-corrected chi connectivity index (χ3v) is 4.21. The highest BCUT2D eigenvalue weighted by molar-refractivity contribution is 5.98. The Bertz CT molecular complexity index is 755. The highest BCUT2D eigenvalue weighted by Gasteiger charge is 2.34. The minimum absolute atomic E-state index is 0.0366. The van der Waals surface area contributed by atoms with Gasteiger partial charge >= 0.3 is 0 Å². The normalized spacial score (nSPS) is 17.0. The molecule has 1 aromatic heterocycles. The molecule has 1 aliphatic heterocycles. The molecule has 1 saturated heterocycles. The number of rotatable bonds is 6. The van der Waals surface area contributed by atoms with Gasteiger partial charge in [-0.1, -0.05) is 6.07 Å². The van der Waals surface area contributed by atoms with E-state index in [-0.39, 0.29) is 24.2 Å². The zero-order valence-electron chi connectivity index (χ0n) is 14.5. The van der Waals surface area contributed by atoms with Crippen molar-refractivity contribution in [2.45, 2.75) is 26.8 Å². The van der Waals surface area contributed by atoms with Crippen LogP contribution in [0.5, 0.6) is 5.75 Å². The highest BCUT2D eigenvalue weighted by Crippen LogP contribution is 2.28. The van der Waals surface area contributed by atoms with E-state index in [9.17, 15) is 9.59 Å². The lowest BCUT2D eigenvalue weighted by atomic mass is 10.1. The number of hydrogen-bond acceptors (Lipinski definition) is 4. The molecule has 0 radical (unpaired) electrons. The maximum absolute atomic E-state index is 12.6. The second-order valence-electron chi connectivity index (χ2n) is 6.18. The molecule has 1 aliphatic rings. The van der Waals surface area contributed by atoms with Gasteiger partial charge in [0.25, 0.3) is 0 Å². The van der Waals surface area contributed by atoms with Crippen LogP contribution in [0.3, 0.4) is 0 Å². The Morgan fingerprint density at radius 3 is 2.96 bits per heavy atom. The van der Waals surface area contributed by atoms with Gasteiger partial charge < -0.3 is 19.4 Å². The standard InChI is InChI=1S/C19H22N2O4/c1-3-24-17-9-13(2)6-7-16(17)20-19(23)14-10-18(22)21(11-14)12-15-5-4-8-25-15/h4-9,14H,3,10-12H2,1-2H3,(H,20,23). The first kappa shape index (κ1) is 17.1. The molecule has 1 aromatic carbocycles. The monoisotopic (exact) mass is 342 g/mol. The van der Waals surface area contributed by atoms with Gasteiger partial charge in [0, 0.05) is 13.0 Å². The van der Waals surface area contributed by atoms with E-state index in [1.807, 2.05) is 38.1 Å². The van der Waals surface area contributed by atoms with Crippen molar-refractivity contribution in [1.82, 2.24) is 4.90 Å². The molecule has 2 aromatic rings. The van der Waals surface area contributed by atoms with Gasteiger partial charge in [0.05, 0.1) is 31.0 Å². The Morgan fingerprint density at radius 2 is 2.24 bits per heavy atom. The predicted molar refractivity (Wildman–Crippen MR) is 93.2 cm³/mol. The number of likely N-dealkylation sites (tertiary alicyclic amines) is 1. The molecule has 1 fully saturated rings. The first-order chi connectivity index (χ1) is 12.1. The Morgan fingerprint density at radius 1 is 1.40 bits per heavy atom. The van der Waals surface area contributed by atoms with Crippen molar-refractivity contribution >= 4 is 17.5 Å². The van der Waals surface area contributed by atoms with Crippen LogP contribution >= 0.6 is 0 Å². The molecule has 1 unspecified atom stereocenters. The van der Waals surface area contributed by atoms with E-state index < -0.39 is 0 Å². The maximum atomic E-state index is 12.6. The number of hydrogen-bond donors (Lipinski definition) is 1. The van der Waals surface area contributed by atoms with Crippen molar-refractivity contribution in [3.05, 3.63) is 47.9 Å². The third-order valence-electron chi connectivity index (χ3n) is 4.21. The largest absolute Gasteiger partial charge is 0.492 e. The maximum Gasteiger partial charge on any atom is 0.229 e. The predicted octanol–water partition coefficient (Wildman–Crippen LogP) is 2.97. The fourth-order valence-corrected chi connectivity index (χ4v) is 2.93. The molecule has 25 heavy (non-hydrogen) atoms. The lowest BCUT2D eigenvalue weighted by molar-refractivity contribution is -0.128. The molecule has 0 spiro atoms. The number of nitrogens with zero attached hydrogens (tertiary/aromatic N) is 1. The van der Waals surface area contributed by atoms with Gasteiger partial charge in [-0.2, -0.15) is 0 Å². The Kier molecular flexibility index (Phi) is 5.07. The van der Waals surface area contributed by atoms with Gasteiger partial charge in [0.1, 0.15) is 11.5 Å². The van der Waals surface area contributed by atoms with Gasteiger partial charge in [-0.15, -0.1) is 0 Å². The van der Waals surface area contributed by atoms with E-state index in [0.717, 1.165) is 5.56 Å². The second kappa shape index (κ2) is 7.42. The number of nitrogens with one attached hydrogen (secondary N) is 1. The molecule has 0 bridgehead atoms. The number of furan rings is 1. The molecule has 1 atom stereocenters. The molecular weight excluding hydrogens is 320 g/mol. The summed E-state index contributed by atoms with van der Waals surface area (Å²) in [6.45, 7) is 5.17. The van der Waals surface area contributed by atoms with E-state index >= 15 is 0 Å². The minimum Gasteiger partial charge on any atom is -0.492 e. The Hall–Kier alpha value is -2.76. The number of aryl methyl sites for hydroxylation is 1. The first-order valence-electron chi connectivity index (χ1n) is 8.41. The van der Waals surface area contributed by atoms with Crippen molar-refractivity contribution in [3.63, 3.8) is 0 Å². The summed E-state index contributed by atoms with van der Waals surface area (Å²) in [5.41, 5.74) is 1.69. The fourth-order valence-electron chi connectivity index (χ4n) is 2.93. The third kappa shape index (κ3) is 4.02. The van der Waals surface area contributed by atoms with Crippen LogP contribution in [0.1, 0.15) is 24.7 Å². The molecule has 0 aliphatic carbocycles. The van der Waals surface area contributed by atoms with Crippen molar-refractivity contribution in [2.24, 2.45) is 5.92 Å². The lowest BCUT2D eigenvalue weighted by Crippen LogP contribution is -2.28. The van der Waals surface area contributed by atoms with Crippen molar-refractivity contribution in [3.8, 4) is 5.75 Å². The SMILES string of the molecule is CCOc1cc(C)ccc1NC(=O)C1CC(=O)N(Cc2ccco2)C1. The van der Waals surface area contributed by atoms with Gasteiger partial charge in [-0.05, 0) is 43.7 Å². The summed E-state index contributed by atoms with van der Waals surface area (Å²) < 4.78 is 10.9. The van der Waals surface area contributed by atoms with Crippen LogP contribution in [0.2, 0.25) is 0 Å². The summed E-state index contributed by atoms with van der Waals surface area (Å²) in [6.07, 6.45) is 1.79. The molecule has 0 saturated carbocycles. The summed E-state index contributed by atoms with van der Waals surface area (Å²) in [5.74, 6) is 0.781. The number of carbonyl (C=O) groups excluding carboxylic acids is 2. The number of amides is 2. The summed E-state index contributed by atoms with van der Waals surface area (Å²) >= 11 is 0. The number of ether oxygens (including phenoxy) is 1. The van der Waals surface area contributed by atoms with Crippen molar-refractivity contribution in [1.29, 1.82) is 0 Å². The topological polar surface area (TPSA) is 71.8 Å². The van der Waals surface area contributed by atoms with E-state index in [4.69, 9.17) is 9.15 Å². The summed E-state index contributed by atoms with van der Waals surface area (Å²) in [4.78, 5) is 26.4. The van der Waals surface area contributed by atoms with Crippen LogP contribution < -0.4 is 10.1 Å². The van der Waals surface area contributed by atoms with Gasteiger partial charge in [0.2, 0.25) is 11.8 Å². The molecule has 6 nitrogen and oxygen atoms in total. The molecule has 1 N–H and O–H groups in total. The fraction of sp³-hybridized carbons (Fsp3) is 0.368.